The standard InChI is InChI=1S/C24H23N2O2.2ClH.Ru/c1-3-21-17-26(22-9-7-8-18(2)23(22)28-21)24(27)20-12-10-19(11-13-20)16-25-14-5-4-6-15-25;;;/h2,4-15,21H,3,16-17H2,1H3;2*1H;/q+1;;;+2/p-2. The molecule has 1 unspecified atom stereocenters. The predicted molar refractivity (Wildman–Crippen MR) is 122 cm³/mol. The molecule has 7 heteroatoms. The molecule has 0 radical (unpaired) electrons. The molecule has 1 aromatic heterocycles. The van der Waals surface area contributed by atoms with Crippen molar-refractivity contribution in [3.8, 4) is 5.75 Å². The number of amides is 1. The minimum absolute atomic E-state index is 0.0370. The van der Waals surface area contributed by atoms with Crippen molar-refractivity contribution in [3.63, 3.8) is 0 Å². The van der Waals surface area contributed by atoms with Gasteiger partial charge < -0.3 is 0 Å². The van der Waals surface area contributed by atoms with E-state index in [2.05, 4.69) is 11.5 Å². The number of fused-ring (bicyclic) bond motifs is 1. The fourth-order valence-corrected chi connectivity index (χ4v) is 5.40. The van der Waals surface area contributed by atoms with Crippen molar-refractivity contribution in [3.05, 3.63) is 89.7 Å². The summed E-state index contributed by atoms with van der Waals surface area (Å²) >= 11 is -2.02. The van der Waals surface area contributed by atoms with Gasteiger partial charge in [0.15, 0.2) is 12.4 Å². The fraction of sp³-hybridized carbons (Fsp3) is 0.208. The van der Waals surface area contributed by atoms with Crippen molar-refractivity contribution in [2.75, 3.05) is 11.4 Å². The number of carbonyl (C=O) groups is 1. The molecule has 0 fully saturated rings. The predicted octanol–water partition coefficient (Wildman–Crippen LogP) is 4.92. The van der Waals surface area contributed by atoms with Crippen LogP contribution >= 0.6 is 19.4 Å². The van der Waals surface area contributed by atoms with E-state index in [-0.39, 0.29) is 12.0 Å². The van der Waals surface area contributed by atoms with E-state index in [1.165, 1.54) is 0 Å². The third-order valence-electron chi connectivity index (χ3n) is 5.22. The number of anilines is 1. The molecule has 3 aromatic rings. The van der Waals surface area contributed by atoms with Crippen LogP contribution in [0, 0.1) is 0 Å². The number of pyridine rings is 1. The number of carbonyl (C=O) groups excluding carboxylic acids is 1. The van der Waals surface area contributed by atoms with Crippen LogP contribution in [-0.4, -0.2) is 23.2 Å². The van der Waals surface area contributed by atoms with Gasteiger partial charge in [-0.25, -0.2) is 0 Å². The van der Waals surface area contributed by atoms with Crippen molar-refractivity contribution >= 4 is 35.6 Å². The quantitative estimate of drug-likeness (QED) is 0.339. The molecule has 0 spiro atoms. The molecular formula is C24H23Cl2N2O2Ru+. The van der Waals surface area contributed by atoms with E-state index >= 15 is 0 Å². The van der Waals surface area contributed by atoms with Crippen LogP contribution in [0.1, 0.15) is 34.8 Å². The number of aromatic nitrogens is 1. The summed E-state index contributed by atoms with van der Waals surface area (Å²) in [6, 6.07) is 19.6. The monoisotopic (exact) mass is 543 g/mol. The Kier molecular flexibility index (Phi) is 7.17. The number of nitrogens with zero attached hydrogens (tertiary/aromatic N) is 2. The molecule has 0 aliphatic carbocycles. The second-order valence-corrected chi connectivity index (χ2v) is 13.0. The molecule has 0 N–H and O–H groups in total. The van der Waals surface area contributed by atoms with Crippen LogP contribution in [0.25, 0.3) is 0 Å². The summed E-state index contributed by atoms with van der Waals surface area (Å²) in [6.45, 7) is 3.33. The summed E-state index contributed by atoms with van der Waals surface area (Å²) in [7, 11) is 12.2. The van der Waals surface area contributed by atoms with Gasteiger partial charge in [-0.2, -0.15) is 0 Å². The van der Waals surface area contributed by atoms with Gasteiger partial charge in [-0.3, -0.25) is 0 Å². The Morgan fingerprint density at radius 1 is 1.13 bits per heavy atom. The molecule has 4 rings (SSSR count). The topological polar surface area (TPSA) is 33.4 Å². The average molecular weight is 543 g/mol. The number of para-hydroxylation sites is 1. The van der Waals surface area contributed by atoms with Gasteiger partial charge in [0.25, 0.3) is 0 Å². The number of rotatable bonds is 5. The second-order valence-electron chi connectivity index (χ2n) is 7.31. The van der Waals surface area contributed by atoms with E-state index in [0.717, 1.165) is 29.8 Å². The van der Waals surface area contributed by atoms with E-state index in [0.29, 0.717) is 17.9 Å². The van der Waals surface area contributed by atoms with E-state index in [4.69, 9.17) is 24.1 Å². The number of ether oxygens (including phenoxy) is 1. The maximum atomic E-state index is 13.4. The van der Waals surface area contributed by atoms with Gasteiger partial charge in [0.1, 0.15) is 0 Å². The number of benzene rings is 2. The Bertz CT molecular complexity index is 1100. The molecule has 1 aliphatic heterocycles. The molecule has 0 bridgehead atoms. The van der Waals surface area contributed by atoms with Gasteiger partial charge >= 0.3 is 166 Å². The number of halogens is 2. The molecule has 1 aliphatic rings. The Hall–Kier alpha value is -2.07. The average Bonchev–Trinajstić information content (AvgIpc) is 2.79. The van der Waals surface area contributed by atoms with Crippen molar-refractivity contribution in [2.24, 2.45) is 0 Å². The summed E-state index contributed by atoms with van der Waals surface area (Å²) in [5.74, 6) is 0.649. The van der Waals surface area contributed by atoms with Crippen LogP contribution in [-0.2, 0) is 20.1 Å². The van der Waals surface area contributed by atoms with Crippen LogP contribution in [0.15, 0.2) is 73.1 Å². The van der Waals surface area contributed by atoms with Crippen molar-refractivity contribution in [2.45, 2.75) is 26.0 Å². The molecule has 4 nitrogen and oxygen atoms in total. The van der Waals surface area contributed by atoms with E-state index in [9.17, 15) is 4.79 Å². The zero-order valence-electron chi connectivity index (χ0n) is 17.0. The molecule has 31 heavy (non-hydrogen) atoms. The minimum atomic E-state index is -2.02. The van der Waals surface area contributed by atoms with Gasteiger partial charge in [-0.1, -0.05) is 6.07 Å². The van der Waals surface area contributed by atoms with Gasteiger partial charge in [0.05, 0.1) is 0 Å². The van der Waals surface area contributed by atoms with Crippen LogP contribution < -0.4 is 14.2 Å². The second kappa shape index (κ2) is 10.0. The molecule has 0 saturated heterocycles. The first-order chi connectivity index (χ1) is 15.0. The van der Waals surface area contributed by atoms with E-state index < -0.39 is 13.5 Å². The SMILES string of the molecule is CCC1CN(C(=O)c2ccc(C[n+]3ccccc3)cc2)c2cccc([CH]=[Ru]([Cl])[Cl])c2O1. The van der Waals surface area contributed by atoms with Gasteiger partial charge in [-0.05, 0) is 0 Å². The van der Waals surface area contributed by atoms with Gasteiger partial charge in [0, 0.05) is 12.1 Å². The molecular weight excluding hydrogens is 520 g/mol. The molecule has 1 atom stereocenters. The first-order valence-electron chi connectivity index (χ1n) is 10.0. The van der Waals surface area contributed by atoms with Crippen LogP contribution in [0.4, 0.5) is 5.69 Å². The maximum absolute atomic E-state index is 13.4. The van der Waals surface area contributed by atoms with E-state index in [1.807, 2.05) is 82.6 Å². The summed E-state index contributed by atoms with van der Waals surface area (Å²) in [6.07, 6.45) is 4.77. The first-order valence-corrected chi connectivity index (χ1v) is 15.5. The Morgan fingerprint density at radius 3 is 2.55 bits per heavy atom. The zero-order valence-corrected chi connectivity index (χ0v) is 20.3. The van der Waals surface area contributed by atoms with Crippen molar-refractivity contribution in [1.82, 2.24) is 0 Å². The number of hydrogen-bond acceptors (Lipinski definition) is 2. The Morgan fingerprint density at radius 2 is 1.87 bits per heavy atom. The third-order valence-corrected chi connectivity index (χ3v) is 7.05. The Labute approximate surface area is 195 Å². The molecule has 1 amide bonds. The third kappa shape index (κ3) is 5.23. The van der Waals surface area contributed by atoms with Gasteiger partial charge in [0.2, 0.25) is 0 Å². The van der Waals surface area contributed by atoms with Crippen molar-refractivity contribution in [1.29, 1.82) is 0 Å². The van der Waals surface area contributed by atoms with Crippen LogP contribution in [0.3, 0.4) is 0 Å². The van der Waals surface area contributed by atoms with Crippen molar-refractivity contribution < 1.29 is 27.6 Å². The van der Waals surface area contributed by atoms with Gasteiger partial charge in [-0.15, -0.1) is 0 Å². The Balaban J connectivity index is 1.62. The van der Waals surface area contributed by atoms with Crippen LogP contribution in [0.2, 0.25) is 0 Å². The van der Waals surface area contributed by atoms with E-state index in [1.54, 1.807) is 0 Å². The molecule has 162 valence electrons. The number of hydrogen-bond donors (Lipinski definition) is 0. The summed E-state index contributed by atoms with van der Waals surface area (Å²) < 4.78 is 10.2. The summed E-state index contributed by atoms with van der Waals surface area (Å²) in [5, 5.41) is 0. The first kappa shape index (κ1) is 22.1. The van der Waals surface area contributed by atoms with Crippen LogP contribution in [0.5, 0.6) is 5.75 Å². The normalized spacial score (nSPS) is 15.6. The molecule has 2 heterocycles. The molecule has 2 aromatic carbocycles. The summed E-state index contributed by atoms with van der Waals surface area (Å²) in [5.41, 5.74) is 3.41. The zero-order chi connectivity index (χ0) is 21.8. The molecule has 0 saturated carbocycles. The summed E-state index contributed by atoms with van der Waals surface area (Å²) in [4.78, 5) is 15.2. The fourth-order valence-electron chi connectivity index (χ4n) is 3.62.